The topological polar surface area (TPSA) is 41.1 Å². The molecule has 0 aliphatic rings. The van der Waals surface area contributed by atoms with Crippen LogP contribution < -0.4 is 10.6 Å². The van der Waals surface area contributed by atoms with Crippen LogP contribution in [0.1, 0.15) is 13.3 Å². The second-order valence-corrected chi connectivity index (χ2v) is 1.96. The van der Waals surface area contributed by atoms with Gasteiger partial charge in [-0.15, -0.1) is 0 Å². The van der Waals surface area contributed by atoms with Crippen molar-refractivity contribution in [3.05, 3.63) is 12.7 Å². The fourth-order valence-corrected chi connectivity index (χ4v) is 0.609. The van der Waals surface area contributed by atoms with Crippen molar-refractivity contribution in [2.24, 2.45) is 0 Å². The number of hydrogen-bond acceptors (Lipinski definition) is 2. The molecule has 0 saturated heterocycles. The number of nitrogens with one attached hydrogen (secondary N) is 2. The summed E-state index contributed by atoms with van der Waals surface area (Å²) in [7, 11) is 1.80. The van der Waals surface area contributed by atoms with Gasteiger partial charge >= 0.3 is 0 Å². The third-order valence-corrected chi connectivity index (χ3v) is 1.26. The van der Waals surface area contributed by atoms with Gasteiger partial charge in [-0.05, 0) is 19.5 Å². The summed E-state index contributed by atoms with van der Waals surface area (Å²) in [5.41, 5.74) is 0. The Morgan fingerprint density at radius 2 is 2.40 bits per heavy atom. The summed E-state index contributed by atoms with van der Waals surface area (Å²) in [6.45, 7) is 5.33. The summed E-state index contributed by atoms with van der Waals surface area (Å²) >= 11 is 0. The van der Waals surface area contributed by atoms with Gasteiger partial charge in [0.15, 0.2) is 0 Å². The van der Waals surface area contributed by atoms with E-state index in [1.807, 2.05) is 6.92 Å². The maximum atomic E-state index is 10.7. The molecule has 0 aromatic heterocycles. The fraction of sp³-hybridized carbons (Fsp3) is 0.571. The number of hydrogen-bond donors (Lipinski definition) is 2. The molecule has 0 aromatic rings. The van der Waals surface area contributed by atoms with Crippen LogP contribution in [0.2, 0.25) is 0 Å². The molecule has 0 aromatic carbocycles. The molecule has 0 bridgehead atoms. The first-order valence-electron chi connectivity index (χ1n) is 3.34. The first-order valence-corrected chi connectivity index (χ1v) is 3.34. The lowest BCUT2D eigenvalue weighted by Crippen LogP contribution is -2.42. The van der Waals surface area contributed by atoms with Crippen molar-refractivity contribution in [3.63, 3.8) is 0 Å². The van der Waals surface area contributed by atoms with Gasteiger partial charge in [-0.1, -0.05) is 13.5 Å². The lowest BCUT2D eigenvalue weighted by molar-refractivity contribution is -0.117. The second-order valence-electron chi connectivity index (χ2n) is 1.96. The van der Waals surface area contributed by atoms with Gasteiger partial charge in [-0.2, -0.15) is 0 Å². The van der Waals surface area contributed by atoms with Crippen LogP contribution in [0.3, 0.4) is 0 Å². The molecule has 3 nitrogen and oxygen atoms in total. The molecule has 0 rings (SSSR count). The molecule has 0 spiro atoms. The summed E-state index contributed by atoms with van der Waals surface area (Å²) in [5.74, 6) is -0.138. The molecule has 0 aliphatic heterocycles. The van der Waals surface area contributed by atoms with E-state index in [4.69, 9.17) is 0 Å². The van der Waals surface area contributed by atoms with E-state index in [-0.39, 0.29) is 12.1 Å². The Labute approximate surface area is 61.5 Å². The van der Waals surface area contributed by atoms with E-state index >= 15 is 0 Å². The Hall–Kier alpha value is -0.830. The number of carbonyl (C=O) groups is 1. The summed E-state index contributed by atoms with van der Waals surface area (Å²) in [6.07, 6.45) is 2.20. The van der Waals surface area contributed by atoms with Gasteiger partial charge in [0.05, 0.1) is 6.17 Å². The highest BCUT2D eigenvalue weighted by Gasteiger charge is 2.02. The van der Waals surface area contributed by atoms with Crippen LogP contribution in [0.4, 0.5) is 0 Å². The molecule has 3 heteroatoms. The van der Waals surface area contributed by atoms with Gasteiger partial charge in [0.1, 0.15) is 0 Å². The van der Waals surface area contributed by atoms with Crippen LogP contribution in [0.5, 0.6) is 0 Å². The first kappa shape index (κ1) is 9.17. The Bertz CT molecular complexity index is 119. The van der Waals surface area contributed by atoms with Crippen LogP contribution in [0, 0.1) is 0 Å². The van der Waals surface area contributed by atoms with Gasteiger partial charge in [0.2, 0.25) is 5.91 Å². The van der Waals surface area contributed by atoms with Gasteiger partial charge in [0, 0.05) is 0 Å². The molecule has 58 valence electrons. The van der Waals surface area contributed by atoms with Crippen molar-refractivity contribution in [1.29, 1.82) is 0 Å². The van der Waals surface area contributed by atoms with E-state index in [0.29, 0.717) is 0 Å². The normalized spacial score (nSPS) is 12.2. The largest absolute Gasteiger partial charge is 0.337 e. The average molecular weight is 142 g/mol. The zero-order chi connectivity index (χ0) is 7.98. The molecular weight excluding hydrogens is 128 g/mol. The van der Waals surface area contributed by atoms with E-state index in [0.717, 1.165) is 6.42 Å². The highest BCUT2D eigenvalue weighted by molar-refractivity contribution is 5.86. The van der Waals surface area contributed by atoms with Crippen molar-refractivity contribution < 1.29 is 4.79 Å². The minimum Gasteiger partial charge on any atom is -0.337 e. The summed E-state index contributed by atoms with van der Waals surface area (Å²) < 4.78 is 0. The lowest BCUT2D eigenvalue weighted by Gasteiger charge is -2.13. The van der Waals surface area contributed by atoms with E-state index < -0.39 is 0 Å². The van der Waals surface area contributed by atoms with Crippen LogP contribution in [0.25, 0.3) is 0 Å². The summed E-state index contributed by atoms with van der Waals surface area (Å²) in [6, 6.07) is 0. The maximum Gasteiger partial charge on any atom is 0.244 e. The van der Waals surface area contributed by atoms with Gasteiger partial charge < -0.3 is 10.6 Å². The van der Waals surface area contributed by atoms with Gasteiger partial charge in [-0.25, -0.2) is 0 Å². The molecule has 0 saturated carbocycles. The quantitative estimate of drug-likeness (QED) is 0.436. The van der Waals surface area contributed by atoms with E-state index in [1.165, 1.54) is 6.08 Å². The first-order chi connectivity index (χ1) is 4.74. The minimum absolute atomic E-state index is 0.0606. The molecule has 1 unspecified atom stereocenters. The fourth-order valence-electron chi connectivity index (χ4n) is 0.609. The molecule has 1 amide bonds. The van der Waals surface area contributed by atoms with Crippen molar-refractivity contribution in [1.82, 2.24) is 10.6 Å². The molecule has 10 heavy (non-hydrogen) atoms. The van der Waals surface area contributed by atoms with Crippen LogP contribution in [-0.2, 0) is 4.79 Å². The van der Waals surface area contributed by atoms with Crippen LogP contribution >= 0.6 is 0 Å². The van der Waals surface area contributed by atoms with E-state index in [1.54, 1.807) is 7.05 Å². The van der Waals surface area contributed by atoms with Crippen LogP contribution in [0.15, 0.2) is 12.7 Å². The smallest absolute Gasteiger partial charge is 0.244 e. The molecule has 2 N–H and O–H groups in total. The SMILES string of the molecule is C=CC(=O)NC(CC)NC. The third kappa shape index (κ3) is 3.25. The number of amides is 1. The molecule has 0 aliphatic carbocycles. The number of carbonyl (C=O) groups excluding carboxylic acids is 1. The number of rotatable bonds is 4. The Morgan fingerprint density at radius 1 is 1.80 bits per heavy atom. The monoisotopic (exact) mass is 142 g/mol. The lowest BCUT2D eigenvalue weighted by atomic mass is 10.3. The predicted octanol–water partition coefficient (Wildman–Crippen LogP) is 0.244. The Kier molecular flexibility index (Phi) is 4.58. The highest BCUT2D eigenvalue weighted by atomic mass is 16.1. The van der Waals surface area contributed by atoms with Crippen molar-refractivity contribution in [3.8, 4) is 0 Å². The predicted molar refractivity (Wildman–Crippen MR) is 41.5 cm³/mol. The van der Waals surface area contributed by atoms with Gasteiger partial charge in [0.25, 0.3) is 0 Å². The third-order valence-electron chi connectivity index (χ3n) is 1.26. The minimum atomic E-state index is -0.138. The second kappa shape index (κ2) is 4.99. The van der Waals surface area contributed by atoms with Crippen molar-refractivity contribution in [2.75, 3.05) is 7.05 Å². The molecule has 0 radical (unpaired) electrons. The van der Waals surface area contributed by atoms with Crippen molar-refractivity contribution >= 4 is 5.91 Å². The maximum absolute atomic E-state index is 10.7. The molecule has 1 atom stereocenters. The van der Waals surface area contributed by atoms with E-state index in [2.05, 4.69) is 17.2 Å². The van der Waals surface area contributed by atoms with Crippen LogP contribution in [-0.4, -0.2) is 19.1 Å². The highest BCUT2D eigenvalue weighted by Crippen LogP contribution is 1.83. The molecule has 0 fully saturated rings. The Balaban J connectivity index is 3.62. The summed E-state index contributed by atoms with van der Waals surface area (Å²) in [4.78, 5) is 10.7. The average Bonchev–Trinajstić information content (AvgIpc) is 1.99. The zero-order valence-corrected chi connectivity index (χ0v) is 6.48. The van der Waals surface area contributed by atoms with E-state index in [9.17, 15) is 4.79 Å². The summed E-state index contributed by atoms with van der Waals surface area (Å²) in [5, 5.41) is 5.64. The van der Waals surface area contributed by atoms with Gasteiger partial charge in [-0.3, -0.25) is 4.79 Å². The van der Waals surface area contributed by atoms with Crippen molar-refractivity contribution in [2.45, 2.75) is 19.5 Å². The molecule has 0 heterocycles. The standard InChI is InChI=1S/C7H14N2O/c1-4-6(8-3)9-7(10)5-2/h5-6,8H,2,4H2,1,3H3,(H,9,10). The molecular formula is C7H14N2O. The zero-order valence-electron chi connectivity index (χ0n) is 6.48. The Morgan fingerprint density at radius 3 is 2.70 bits per heavy atom.